The Kier molecular flexibility index (Phi) is 3.24. The van der Waals surface area contributed by atoms with Crippen LogP contribution >= 0.6 is 11.3 Å². The van der Waals surface area contributed by atoms with E-state index in [0.717, 1.165) is 27.7 Å². The Bertz CT molecular complexity index is 584. The molecule has 2 rings (SSSR count). The molecule has 0 unspecified atom stereocenters. The van der Waals surface area contributed by atoms with Crippen LogP contribution in [0.2, 0.25) is 0 Å². The number of thiophene rings is 1. The molecule has 0 aliphatic carbocycles. The molecule has 0 spiro atoms. The molecule has 4 heteroatoms. The van der Waals surface area contributed by atoms with Crippen molar-refractivity contribution in [1.82, 2.24) is 0 Å². The quantitative estimate of drug-likeness (QED) is 0.619. The highest BCUT2D eigenvalue weighted by Gasteiger charge is 2.14. The lowest BCUT2D eigenvalue weighted by molar-refractivity contribution is -0.131. The molecule has 1 aromatic heterocycles. The molecule has 0 aliphatic rings. The molecule has 1 aromatic carbocycles. The van der Waals surface area contributed by atoms with Gasteiger partial charge in [0.1, 0.15) is 6.29 Å². The molecule has 0 amide bonds. The number of benzene rings is 1. The molecule has 0 bridgehead atoms. The molecule has 3 nitrogen and oxygen atoms in total. The molecule has 0 radical (unpaired) electrons. The summed E-state index contributed by atoms with van der Waals surface area (Å²) in [6.07, 6.45) is 1.62. The van der Waals surface area contributed by atoms with Gasteiger partial charge in [-0.1, -0.05) is 13.0 Å². The van der Waals surface area contributed by atoms with Crippen molar-refractivity contribution in [3.05, 3.63) is 28.6 Å². The molecule has 0 N–H and O–H groups in total. The minimum Gasteiger partial charge on any atom is -0.425 e. The molecular formula is C13H12O3S. The van der Waals surface area contributed by atoms with Crippen LogP contribution in [0.5, 0.6) is 5.75 Å². The van der Waals surface area contributed by atoms with Crippen LogP contribution in [0.15, 0.2) is 18.2 Å². The van der Waals surface area contributed by atoms with Crippen molar-refractivity contribution in [2.45, 2.75) is 20.3 Å². The maximum atomic E-state index is 11.1. The first-order valence-corrected chi connectivity index (χ1v) is 6.16. The monoisotopic (exact) mass is 248 g/mol. The van der Waals surface area contributed by atoms with Crippen molar-refractivity contribution in [3.63, 3.8) is 0 Å². The fourth-order valence-corrected chi connectivity index (χ4v) is 2.82. The third-order valence-electron chi connectivity index (χ3n) is 2.44. The number of aldehydes is 1. The minimum absolute atomic E-state index is 0.320. The summed E-state index contributed by atoms with van der Waals surface area (Å²) < 4.78 is 6.22. The normalized spacial score (nSPS) is 10.5. The van der Waals surface area contributed by atoms with Gasteiger partial charge in [0.2, 0.25) is 0 Å². The van der Waals surface area contributed by atoms with Gasteiger partial charge in [0.15, 0.2) is 5.75 Å². The van der Waals surface area contributed by atoms with Crippen LogP contribution in [0, 0.1) is 0 Å². The zero-order chi connectivity index (χ0) is 12.4. The Labute approximate surface area is 103 Å². The average Bonchev–Trinajstić information content (AvgIpc) is 2.65. The van der Waals surface area contributed by atoms with E-state index in [1.807, 2.05) is 19.1 Å². The van der Waals surface area contributed by atoms with Crippen LogP contribution in [0.25, 0.3) is 10.1 Å². The third kappa shape index (κ3) is 2.22. The summed E-state index contributed by atoms with van der Waals surface area (Å²) in [5.41, 5.74) is 0.635. The summed E-state index contributed by atoms with van der Waals surface area (Å²) in [4.78, 5) is 22.8. The Morgan fingerprint density at radius 3 is 2.82 bits per heavy atom. The summed E-state index contributed by atoms with van der Waals surface area (Å²) >= 11 is 1.56. The second kappa shape index (κ2) is 4.67. The number of esters is 1. The first kappa shape index (κ1) is 11.8. The van der Waals surface area contributed by atoms with Crippen LogP contribution in [-0.4, -0.2) is 12.3 Å². The number of hydrogen-bond donors (Lipinski definition) is 0. The lowest BCUT2D eigenvalue weighted by Crippen LogP contribution is -2.02. The minimum atomic E-state index is -0.320. The van der Waals surface area contributed by atoms with Crippen molar-refractivity contribution in [2.24, 2.45) is 0 Å². The second-order valence-electron chi connectivity index (χ2n) is 3.68. The fraction of sp³-hybridized carbons (Fsp3) is 0.231. The van der Waals surface area contributed by atoms with E-state index in [-0.39, 0.29) is 5.97 Å². The molecule has 0 saturated carbocycles. The largest absolute Gasteiger partial charge is 0.425 e. The number of ether oxygens (including phenoxy) is 1. The number of carbonyl (C=O) groups is 2. The number of fused-ring (bicyclic) bond motifs is 1. The van der Waals surface area contributed by atoms with Gasteiger partial charge in [-0.05, 0) is 18.6 Å². The molecule has 0 saturated heterocycles. The van der Waals surface area contributed by atoms with Crippen molar-refractivity contribution in [3.8, 4) is 5.75 Å². The summed E-state index contributed by atoms with van der Waals surface area (Å²) in [6, 6.07) is 5.38. The molecule has 0 aliphatic heterocycles. The highest BCUT2D eigenvalue weighted by Crippen LogP contribution is 2.38. The highest BCUT2D eigenvalue weighted by atomic mass is 32.1. The second-order valence-corrected chi connectivity index (χ2v) is 4.81. The van der Waals surface area contributed by atoms with E-state index in [9.17, 15) is 9.59 Å². The summed E-state index contributed by atoms with van der Waals surface area (Å²) in [5, 5.41) is 0.896. The van der Waals surface area contributed by atoms with E-state index < -0.39 is 0 Å². The Hall–Kier alpha value is -1.68. The van der Waals surface area contributed by atoms with Crippen LogP contribution in [0.3, 0.4) is 0 Å². The summed E-state index contributed by atoms with van der Waals surface area (Å²) in [6.45, 7) is 3.40. The van der Waals surface area contributed by atoms with E-state index in [2.05, 4.69) is 0 Å². The van der Waals surface area contributed by atoms with Gasteiger partial charge in [0.05, 0.1) is 0 Å². The zero-order valence-corrected chi connectivity index (χ0v) is 10.5. The first-order chi connectivity index (χ1) is 8.15. The molecule has 2 aromatic rings. The topological polar surface area (TPSA) is 43.4 Å². The van der Waals surface area contributed by atoms with Gasteiger partial charge < -0.3 is 4.74 Å². The van der Waals surface area contributed by atoms with Crippen molar-refractivity contribution < 1.29 is 14.3 Å². The first-order valence-electron chi connectivity index (χ1n) is 5.34. The third-order valence-corrected chi connectivity index (χ3v) is 3.72. The lowest BCUT2D eigenvalue weighted by Gasteiger charge is -2.01. The van der Waals surface area contributed by atoms with Gasteiger partial charge in [0.25, 0.3) is 0 Å². The van der Waals surface area contributed by atoms with Crippen molar-refractivity contribution in [2.75, 3.05) is 0 Å². The molecule has 0 fully saturated rings. The summed E-state index contributed by atoms with van der Waals surface area (Å²) in [5.74, 6) is 0.316. The van der Waals surface area contributed by atoms with Crippen molar-refractivity contribution >= 4 is 33.7 Å². The average molecular weight is 248 g/mol. The predicted octanol–water partition coefficient (Wildman–Crippen LogP) is 3.20. The van der Waals surface area contributed by atoms with Crippen LogP contribution in [0.4, 0.5) is 0 Å². The Morgan fingerprint density at radius 1 is 1.47 bits per heavy atom. The predicted molar refractivity (Wildman–Crippen MR) is 67.9 cm³/mol. The van der Waals surface area contributed by atoms with Gasteiger partial charge in [-0.15, -0.1) is 11.3 Å². The smallest absolute Gasteiger partial charge is 0.308 e. The van der Waals surface area contributed by atoms with Gasteiger partial charge in [-0.3, -0.25) is 9.59 Å². The van der Waals surface area contributed by atoms with Crippen LogP contribution in [0.1, 0.15) is 29.1 Å². The van der Waals surface area contributed by atoms with Crippen LogP contribution in [-0.2, 0) is 11.2 Å². The van der Waals surface area contributed by atoms with E-state index in [4.69, 9.17) is 4.74 Å². The van der Waals surface area contributed by atoms with E-state index in [1.54, 1.807) is 17.4 Å². The maximum absolute atomic E-state index is 11.1. The molecule has 88 valence electrons. The SMILES string of the molecule is CCc1sc2cc(C=O)ccc2c1OC(C)=O. The number of carbonyl (C=O) groups excluding carboxylic acids is 2. The Balaban J connectivity index is 2.63. The van der Waals surface area contributed by atoms with E-state index in [0.29, 0.717) is 11.3 Å². The maximum Gasteiger partial charge on any atom is 0.308 e. The van der Waals surface area contributed by atoms with Gasteiger partial charge >= 0.3 is 5.97 Å². The van der Waals surface area contributed by atoms with Crippen LogP contribution < -0.4 is 4.74 Å². The molecule has 17 heavy (non-hydrogen) atoms. The number of rotatable bonds is 3. The zero-order valence-electron chi connectivity index (χ0n) is 9.65. The molecular weight excluding hydrogens is 236 g/mol. The van der Waals surface area contributed by atoms with Crippen molar-refractivity contribution in [1.29, 1.82) is 0 Å². The highest BCUT2D eigenvalue weighted by molar-refractivity contribution is 7.19. The van der Waals surface area contributed by atoms with Gasteiger partial charge in [-0.25, -0.2) is 0 Å². The Morgan fingerprint density at radius 2 is 2.24 bits per heavy atom. The summed E-state index contributed by atoms with van der Waals surface area (Å²) in [7, 11) is 0. The fourth-order valence-electron chi connectivity index (χ4n) is 1.70. The van der Waals surface area contributed by atoms with Gasteiger partial charge in [-0.2, -0.15) is 0 Å². The van der Waals surface area contributed by atoms with E-state index in [1.165, 1.54) is 6.92 Å². The van der Waals surface area contributed by atoms with E-state index >= 15 is 0 Å². The molecule has 0 atom stereocenters. The van der Waals surface area contributed by atoms with Gasteiger partial charge in [0, 0.05) is 27.5 Å². The number of aryl methyl sites for hydroxylation is 1. The standard InChI is InChI=1S/C13H12O3S/c1-3-11-13(16-8(2)15)10-5-4-9(7-14)6-12(10)17-11/h4-7H,3H2,1-2H3. The lowest BCUT2D eigenvalue weighted by atomic mass is 10.1. The molecule has 1 heterocycles. The number of hydrogen-bond acceptors (Lipinski definition) is 4.